The Balaban J connectivity index is 2.22. The number of hydrogen-bond acceptors (Lipinski definition) is 4. The summed E-state index contributed by atoms with van der Waals surface area (Å²) in [5.41, 5.74) is 2.88. The summed E-state index contributed by atoms with van der Waals surface area (Å²) in [6.07, 6.45) is 2.93. The number of carbonyl (C=O) groups is 2. The largest absolute Gasteiger partial charge is 0.462 e. The van der Waals surface area contributed by atoms with E-state index in [0.29, 0.717) is 17.9 Å². The van der Waals surface area contributed by atoms with Gasteiger partial charge in [0.05, 0.1) is 18.2 Å². The molecule has 1 aromatic carbocycles. The Hall–Kier alpha value is -2.50. The number of amides is 2. The number of allylic oxidation sites excluding steroid dienone is 1. The average Bonchev–Trinajstić information content (AvgIpc) is 2.58. The van der Waals surface area contributed by atoms with Crippen LogP contribution in [0.15, 0.2) is 35.5 Å². The maximum atomic E-state index is 12.6. The molecule has 0 spiro atoms. The molecule has 0 saturated heterocycles. The Morgan fingerprint density at radius 2 is 1.88 bits per heavy atom. The highest BCUT2D eigenvalue weighted by Gasteiger charge is 2.32. The van der Waals surface area contributed by atoms with Crippen molar-refractivity contribution in [2.24, 2.45) is 0 Å². The minimum atomic E-state index is -0.511. The SMILES string of the molecule is CCCCCOC(=O)C1=C(C)NC(=O)N[C@H]1c1ccc(N(C)C)cc1. The molecule has 136 valence electrons. The van der Waals surface area contributed by atoms with Crippen molar-refractivity contribution in [3.8, 4) is 0 Å². The van der Waals surface area contributed by atoms with Gasteiger partial charge >= 0.3 is 12.0 Å². The second-order valence-corrected chi connectivity index (χ2v) is 6.40. The molecule has 0 bridgehead atoms. The predicted octanol–water partition coefficient (Wildman–Crippen LogP) is 3.11. The van der Waals surface area contributed by atoms with Crippen LogP contribution in [0, 0.1) is 0 Å². The first-order valence-electron chi connectivity index (χ1n) is 8.66. The van der Waals surface area contributed by atoms with E-state index >= 15 is 0 Å². The minimum absolute atomic E-state index is 0.318. The van der Waals surface area contributed by atoms with Crippen molar-refractivity contribution in [3.05, 3.63) is 41.1 Å². The molecule has 1 heterocycles. The van der Waals surface area contributed by atoms with Gasteiger partial charge in [0.1, 0.15) is 0 Å². The molecule has 6 heteroatoms. The third kappa shape index (κ3) is 4.75. The smallest absolute Gasteiger partial charge is 0.338 e. The van der Waals surface area contributed by atoms with Crippen molar-refractivity contribution < 1.29 is 14.3 Å². The number of urea groups is 1. The molecule has 0 aliphatic carbocycles. The standard InChI is InChI=1S/C19H27N3O3/c1-5-6-7-12-25-18(23)16-13(2)20-19(24)21-17(16)14-8-10-15(11-9-14)22(3)4/h8-11,17H,5-7,12H2,1-4H3,(H2,20,21,24)/t17-/m0/s1. The number of esters is 1. The van der Waals surface area contributed by atoms with Crippen LogP contribution in [-0.4, -0.2) is 32.7 Å². The number of unbranched alkanes of at least 4 members (excludes halogenated alkanes) is 2. The first-order valence-corrected chi connectivity index (χ1v) is 8.66. The molecule has 2 rings (SSSR count). The summed E-state index contributed by atoms with van der Waals surface area (Å²) in [7, 11) is 3.93. The van der Waals surface area contributed by atoms with E-state index < -0.39 is 6.04 Å². The van der Waals surface area contributed by atoms with Gasteiger partial charge in [-0.25, -0.2) is 9.59 Å². The zero-order chi connectivity index (χ0) is 18.4. The number of benzene rings is 1. The van der Waals surface area contributed by atoms with Crippen molar-refractivity contribution >= 4 is 17.7 Å². The molecular formula is C19H27N3O3. The Kier molecular flexibility index (Phi) is 6.44. The zero-order valence-corrected chi connectivity index (χ0v) is 15.4. The lowest BCUT2D eigenvalue weighted by molar-refractivity contribution is -0.139. The minimum Gasteiger partial charge on any atom is -0.462 e. The fourth-order valence-corrected chi connectivity index (χ4v) is 2.77. The summed E-state index contributed by atoms with van der Waals surface area (Å²) in [6, 6.07) is 6.93. The van der Waals surface area contributed by atoms with Gasteiger partial charge in [-0.1, -0.05) is 31.9 Å². The second-order valence-electron chi connectivity index (χ2n) is 6.40. The summed E-state index contributed by atoms with van der Waals surface area (Å²) < 4.78 is 5.41. The Bertz CT molecular complexity index is 650. The van der Waals surface area contributed by atoms with E-state index in [9.17, 15) is 9.59 Å². The van der Waals surface area contributed by atoms with Crippen LogP contribution in [0.5, 0.6) is 0 Å². The Morgan fingerprint density at radius 1 is 1.20 bits per heavy atom. The quantitative estimate of drug-likeness (QED) is 0.588. The number of nitrogens with one attached hydrogen (secondary N) is 2. The topological polar surface area (TPSA) is 70.7 Å². The molecule has 0 fully saturated rings. The number of rotatable bonds is 7. The lowest BCUT2D eigenvalue weighted by Gasteiger charge is -2.28. The summed E-state index contributed by atoms with van der Waals surface area (Å²) in [5, 5.41) is 5.48. The summed E-state index contributed by atoms with van der Waals surface area (Å²) in [5.74, 6) is -0.386. The molecule has 6 nitrogen and oxygen atoms in total. The molecule has 1 atom stereocenters. The molecular weight excluding hydrogens is 318 g/mol. The van der Waals surface area contributed by atoms with Crippen molar-refractivity contribution in [3.63, 3.8) is 0 Å². The molecule has 25 heavy (non-hydrogen) atoms. The second kappa shape index (κ2) is 8.55. The number of hydrogen-bond donors (Lipinski definition) is 2. The summed E-state index contributed by atoms with van der Waals surface area (Å²) in [4.78, 5) is 26.4. The normalized spacial score (nSPS) is 17.0. The van der Waals surface area contributed by atoms with E-state index in [0.717, 1.165) is 30.5 Å². The molecule has 0 saturated carbocycles. The molecule has 1 aliphatic rings. The number of ether oxygens (including phenoxy) is 1. The van der Waals surface area contributed by atoms with Crippen LogP contribution in [0.3, 0.4) is 0 Å². The van der Waals surface area contributed by atoms with Crippen molar-refractivity contribution in [1.29, 1.82) is 0 Å². The molecule has 1 aromatic rings. The lowest BCUT2D eigenvalue weighted by atomic mass is 9.95. The van der Waals surface area contributed by atoms with Gasteiger partial charge in [0.2, 0.25) is 0 Å². The van der Waals surface area contributed by atoms with E-state index in [4.69, 9.17) is 4.74 Å². The lowest BCUT2D eigenvalue weighted by Crippen LogP contribution is -2.45. The first-order chi connectivity index (χ1) is 11.9. The van der Waals surface area contributed by atoms with E-state index in [2.05, 4.69) is 17.6 Å². The van der Waals surface area contributed by atoms with Crippen LogP contribution >= 0.6 is 0 Å². The van der Waals surface area contributed by atoms with Crippen LogP contribution < -0.4 is 15.5 Å². The van der Waals surface area contributed by atoms with Crippen LogP contribution in [0.4, 0.5) is 10.5 Å². The zero-order valence-electron chi connectivity index (χ0n) is 15.4. The van der Waals surface area contributed by atoms with Crippen LogP contribution in [0.25, 0.3) is 0 Å². The van der Waals surface area contributed by atoms with Gasteiger partial charge in [0, 0.05) is 25.5 Å². The maximum Gasteiger partial charge on any atom is 0.338 e. The Labute approximate surface area is 149 Å². The third-order valence-corrected chi connectivity index (χ3v) is 4.21. The van der Waals surface area contributed by atoms with Crippen LogP contribution in [0.1, 0.15) is 44.7 Å². The van der Waals surface area contributed by atoms with Crippen LogP contribution in [0.2, 0.25) is 0 Å². The monoisotopic (exact) mass is 345 g/mol. The van der Waals surface area contributed by atoms with Crippen molar-refractivity contribution in [1.82, 2.24) is 10.6 Å². The van der Waals surface area contributed by atoms with Gasteiger partial charge in [-0.3, -0.25) is 0 Å². The van der Waals surface area contributed by atoms with E-state index in [1.807, 2.05) is 43.3 Å². The van der Waals surface area contributed by atoms with Crippen molar-refractivity contribution in [2.45, 2.75) is 39.2 Å². The fourth-order valence-electron chi connectivity index (χ4n) is 2.77. The van der Waals surface area contributed by atoms with Gasteiger partial charge in [-0.15, -0.1) is 0 Å². The number of carbonyl (C=O) groups excluding carboxylic acids is 2. The van der Waals surface area contributed by atoms with Crippen LogP contribution in [-0.2, 0) is 9.53 Å². The van der Waals surface area contributed by atoms with Gasteiger partial charge in [0.15, 0.2) is 0 Å². The van der Waals surface area contributed by atoms with E-state index in [-0.39, 0.29) is 12.0 Å². The van der Waals surface area contributed by atoms with Gasteiger partial charge in [0.25, 0.3) is 0 Å². The Morgan fingerprint density at radius 3 is 2.48 bits per heavy atom. The highest BCUT2D eigenvalue weighted by atomic mass is 16.5. The van der Waals surface area contributed by atoms with Crippen molar-refractivity contribution in [2.75, 3.05) is 25.6 Å². The molecule has 0 radical (unpaired) electrons. The third-order valence-electron chi connectivity index (χ3n) is 4.21. The van der Waals surface area contributed by atoms with Gasteiger partial charge < -0.3 is 20.3 Å². The summed E-state index contributed by atoms with van der Waals surface area (Å²) >= 11 is 0. The van der Waals surface area contributed by atoms with E-state index in [1.54, 1.807) is 6.92 Å². The highest BCUT2D eigenvalue weighted by Crippen LogP contribution is 2.28. The summed E-state index contributed by atoms with van der Waals surface area (Å²) in [6.45, 7) is 4.22. The predicted molar refractivity (Wildman–Crippen MR) is 98.4 cm³/mol. The molecule has 0 unspecified atom stereocenters. The highest BCUT2D eigenvalue weighted by molar-refractivity contribution is 5.95. The molecule has 2 N–H and O–H groups in total. The molecule has 0 aromatic heterocycles. The van der Waals surface area contributed by atoms with Gasteiger partial charge in [-0.05, 0) is 31.0 Å². The molecule has 1 aliphatic heterocycles. The number of anilines is 1. The average molecular weight is 345 g/mol. The maximum absolute atomic E-state index is 12.6. The number of nitrogens with zero attached hydrogens (tertiary/aromatic N) is 1. The fraction of sp³-hybridized carbons (Fsp3) is 0.474. The van der Waals surface area contributed by atoms with E-state index in [1.165, 1.54) is 0 Å². The first kappa shape index (κ1) is 18.8. The molecule has 2 amide bonds. The van der Waals surface area contributed by atoms with Gasteiger partial charge in [-0.2, -0.15) is 0 Å².